The van der Waals surface area contributed by atoms with Crippen LogP contribution in [-0.4, -0.2) is 80.1 Å². The number of amides is 1. The van der Waals surface area contributed by atoms with Gasteiger partial charge in [-0.05, 0) is 29.3 Å². The summed E-state index contributed by atoms with van der Waals surface area (Å²) in [4.78, 5) is 18.9. The SMILES string of the molecule is COCCN1CCN(CC(=O)N(C)Cc2ccsc2)C[C@@H]1C. The number of carbonyl (C=O) groups excluding carboxylic acids is 1. The number of piperazine rings is 1. The fraction of sp³-hybridized carbons (Fsp3) is 0.688. The van der Waals surface area contributed by atoms with Gasteiger partial charge in [-0.1, -0.05) is 0 Å². The van der Waals surface area contributed by atoms with E-state index in [1.807, 2.05) is 11.9 Å². The van der Waals surface area contributed by atoms with Crippen molar-refractivity contribution in [3.05, 3.63) is 22.4 Å². The van der Waals surface area contributed by atoms with Gasteiger partial charge in [-0.25, -0.2) is 0 Å². The van der Waals surface area contributed by atoms with Crippen LogP contribution in [0, 0.1) is 0 Å². The molecule has 1 amide bonds. The van der Waals surface area contributed by atoms with Gasteiger partial charge in [0.2, 0.25) is 5.91 Å². The maximum Gasteiger partial charge on any atom is 0.236 e. The van der Waals surface area contributed by atoms with Crippen molar-refractivity contribution < 1.29 is 9.53 Å². The van der Waals surface area contributed by atoms with Crippen LogP contribution in [0.5, 0.6) is 0 Å². The Morgan fingerprint density at radius 2 is 2.32 bits per heavy atom. The van der Waals surface area contributed by atoms with Crippen molar-refractivity contribution in [1.82, 2.24) is 14.7 Å². The molecule has 124 valence electrons. The van der Waals surface area contributed by atoms with Gasteiger partial charge >= 0.3 is 0 Å². The number of methoxy groups -OCH3 is 1. The summed E-state index contributed by atoms with van der Waals surface area (Å²) in [5.41, 5.74) is 1.21. The number of rotatable bonds is 7. The van der Waals surface area contributed by atoms with Crippen LogP contribution >= 0.6 is 11.3 Å². The third-order valence-corrected chi connectivity index (χ3v) is 4.95. The lowest BCUT2D eigenvalue weighted by Crippen LogP contribution is -2.54. The molecule has 0 saturated carbocycles. The molecule has 0 radical (unpaired) electrons. The molecule has 0 unspecified atom stereocenters. The van der Waals surface area contributed by atoms with Crippen LogP contribution in [0.1, 0.15) is 12.5 Å². The van der Waals surface area contributed by atoms with Crippen LogP contribution in [0.25, 0.3) is 0 Å². The molecule has 2 heterocycles. The summed E-state index contributed by atoms with van der Waals surface area (Å²) < 4.78 is 5.15. The summed E-state index contributed by atoms with van der Waals surface area (Å²) in [7, 11) is 3.63. The molecule has 1 saturated heterocycles. The maximum absolute atomic E-state index is 12.4. The Kier molecular flexibility index (Phi) is 6.82. The van der Waals surface area contributed by atoms with E-state index in [1.165, 1.54) is 5.56 Å². The van der Waals surface area contributed by atoms with Gasteiger partial charge < -0.3 is 9.64 Å². The molecule has 6 heteroatoms. The molecule has 0 spiro atoms. The molecule has 5 nitrogen and oxygen atoms in total. The lowest BCUT2D eigenvalue weighted by molar-refractivity contribution is -0.132. The number of hydrogen-bond acceptors (Lipinski definition) is 5. The minimum absolute atomic E-state index is 0.198. The molecule has 1 atom stereocenters. The van der Waals surface area contributed by atoms with E-state index in [1.54, 1.807) is 18.4 Å². The predicted molar refractivity (Wildman–Crippen MR) is 90.1 cm³/mol. The Morgan fingerprint density at radius 1 is 1.50 bits per heavy atom. The Morgan fingerprint density at radius 3 is 2.95 bits per heavy atom. The van der Waals surface area contributed by atoms with Crippen molar-refractivity contribution in [3.8, 4) is 0 Å². The third kappa shape index (κ3) is 5.05. The first kappa shape index (κ1) is 17.4. The summed E-state index contributed by atoms with van der Waals surface area (Å²) in [5.74, 6) is 0.198. The third-order valence-electron chi connectivity index (χ3n) is 4.22. The van der Waals surface area contributed by atoms with E-state index in [-0.39, 0.29) is 5.91 Å². The van der Waals surface area contributed by atoms with E-state index in [2.05, 4.69) is 33.6 Å². The largest absolute Gasteiger partial charge is 0.383 e. The van der Waals surface area contributed by atoms with Gasteiger partial charge in [-0.15, -0.1) is 0 Å². The van der Waals surface area contributed by atoms with Crippen molar-refractivity contribution in [2.45, 2.75) is 19.5 Å². The Hall–Kier alpha value is -0.950. The first-order valence-electron chi connectivity index (χ1n) is 7.80. The van der Waals surface area contributed by atoms with E-state index < -0.39 is 0 Å². The van der Waals surface area contributed by atoms with Gasteiger partial charge in [0.25, 0.3) is 0 Å². The zero-order chi connectivity index (χ0) is 15.9. The average Bonchev–Trinajstić information content (AvgIpc) is 2.99. The zero-order valence-corrected chi connectivity index (χ0v) is 14.6. The van der Waals surface area contributed by atoms with E-state index in [9.17, 15) is 4.79 Å². The van der Waals surface area contributed by atoms with E-state index in [0.717, 1.165) is 32.8 Å². The number of ether oxygens (including phenoxy) is 1. The second-order valence-electron chi connectivity index (χ2n) is 5.99. The average molecular weight is 325 g/mol. The van der Waals surface area contributed by atoms with Crippen LogP contribution in [-0.2, 0) is 16.1 Å². The van der Waals surface area contributed by atoms with Crippen LogP contribution in [0.15, 0.2) is 16.8 Å². The zero-order valence-electron chi connectivity index (χ0n) is 13.8. The topological polar surface area (TPSA) is 36.0 Å². The quantitative estimate of drug-likeness (QED) is 0.758. The normalized spacial score (nSPS) is 20.2. The number of nitrogens with zero attached hydrogens (tertiary/aromatic N) is 3. The summed E-state index contributed by atoms with van der Waals surface area (Å²) in [6, 6.07) is 2.55. The van der Waals surface area contributed by atoms with Gasteiger partial charge in [0.1, 0.15) is 0 Å². The molecule has 1 aliphatic heterocycles. The molecule has 1 aromatic heterocycles. The van der Waals surface area contributed by atoms with Crippen molar-refractivity contribution in [1.29, 1.82) is 0 Å². The van der Waals surface area contributed by atoms with Crippen molar-refractivity contribution in [2.24, 2.45) is 0 Å². The van der Waals surface area contributed by atoms with Gasteiger partial charge in [0, 0.05) is 52.9 Å². The van der Waals surface area contributed by atoms with Crippen LogP contribution in [0.3, 0.4) is 0 Å². The number of thiophene rings is 1. The summed E-state index contributed by atoms with van der Waals surface area (Å²) in [6.45, 7) is 8.08. The Labute approximate surface area is 137 Å². The molecule has 0 aromatic carbocycles. The molecule has 1 fully saturated rings. The molecule has 1 aliphatic rings. The van der Waals surface area contributed by atoms with Gasteiger partial charge in [0.15, 0.2) is 0 Å². The molecule has 0 N–H and O–H groups in total. The summed E-state index contributed by atoms with van der Waals surface area (Å²) >= 11 is 1.67. The van der Waals surface area contributed by atoms with Gasteiger partial charge in [-0.2, -0.15) is 11.3 Å². The molecule has 1 aromatic rings. The maximum atomic E-state index is 12.4. The smallest absolute Gasteiger partial charge is 0.236 e. The summed E-state index contributed by atoms with van der Waals surface area (Å²) in [5, 5.41) is 4.15. The lowest BCUT2D eigenvalue weighted by atomic mass is 10.2. The molecular weight excluding hydrogens is 298 g/mol. The fourth-order valence-corrected chi connectivity index (χ4v) is 3.47. The molecular formula is C16H27N3O2S. The minimum atomic E-state index is 0.198. The standard InChI is InChI=1S/C16H27N3O2S/c1-14-10-18(5-6-19(14)7-8-21-3)12-16(20)17(2)11-15-4-9-22-13-15/h4,9,13-14H,5-8,10-12H2,1-3H3/t14-/m0/s1. The van der Waals surface area contributed by atoms with Crippen LogP contribution < -0.4 is 0 Å². The van der Waals surface area contributed by atoms with Crippen LogP contribution in [0.4, 0.5) is 0 Å². The highest BCUT2D eigenvalue weighted by atomic mass is 32.1. The molecule has 0 bridgehead atoms. The first-order valence-corrected chi connectivity index (χ1v) is 8.75. The van der Waals surface area contributed by atoms with Crippen molar-refractivity contribution in [3.63, 3.8) is 0 Å². The highest BCUT2D eigenvalue weighted by Crippen LogP contribution is 2.11. The number of hydrogen-bond donors (Lipinski definition) is 0. The number of carbonyl (C=O) groups is 1. The number of likely N-dealkylation sites (N-methyl/N-ethyl adjacent to an activating group) is 1. The van der Waals surface area contributed by atoms with E-state index in [0.29, 0.717) is 19.1 Å². The van der Waals surface area contributed by atoms with Gasteiger partial charge in [0.05, 0.1) is 13.2 Å². The van der Waals surface area contributed by atoms with Gasteiger partial charge in [-0.3, -0.25) is 14.6 Å². The molecule has 0 aliphatic carbocycles. The second kappa shape index (κ2) is 8.62. The second-order valence-corrected chi connectivity index (χ2v) is 6.77. The van der Waals surface area contributed by atoms with Crippen molar-refractivity contribution >= 4 is 17.2 Å². The first-order chi connectivity index (χ1) is 10.6. The highest BCUT2D eigenvalue weighted by Gasteiger charge is 2.25. The summed E-state index contributed by atoms with van der Waals surface area (Å²) in [6.07, 6.45) is 0. The van der Waals surface area contributed by atoms with E-state index in [4.69, 9.17) is 4.74 Å². The minimum Gasteiger partial charge on any atom is -0.383 e. The Balaban J connectivity index is 1.75. The van der Waals surface area contributed by atoms with Crippen LogP contribution in [0.2, 0.25) is 0 Å². The highest BCUT2D eigenvalue weighted by molar-refractivity contribution is 7.07. The Bertz CT molecular complexity index is 452. The molecule has 22 heavy (non-hydrogen) atoms. The lowest BCUT2D eigenvalue weighted by Gasteiger charge is -2.39. The molecule has 2 rings (SSSR count). The fourth-order valence-electron chi connectivity index (χ4n) is 2.81. The monoisotopic (exact) mass is 325 g/mol. The van der Waals surface area contributed by atoms with E-state index >= 15 is 0 Å². The van der Waals surface area contributed by atoms with Crippen molar-refractivity contribution in [2.75, 3.05) is 53.5 Å². The predicted octanol–water partition coefficient (Wildman–Crippen LogP) is 1.36.